The highest BCUT2D eigenvalue weighted by Gasteiger charge is 2.54. The second-order valence-electron chi connectivity index (χ2n) is 13.7. The Labute approximate surface area is 348 Å². The molecule has 15 heteroatoms. The minimum atomic E-state index is -1.46. The summed E-state index contributed by atoms with van der Waals surface area (Å²) >= 11 is 15.9. The maximum absolute atomic E-state index is 14.0. The zero-order chi connectivity index (χ0) is 41.1. The number of carbonyl (C=O) groups is 5. The molecule has 1 heterocycles. The van der Waals surface area contributed by atoms with Crippen LogP contribution in [-0.2, 0) is 35.1 Å². The van der Waals surface area contributed by atoms with E-state index in [1.807, 2.05) is 31.2 Å². The number of esters is 2. The molecule has 0 radical (unpaired) electrons. The molecule has 2 aromatic rings. The topological polar surface area (TPSA) is 161 Å². The fourth-order valence-corrected chi connectivity index (χ4v) is 7.01. The van der Waals surface area contributed by atoms with E-state index in [1.54, 1.807) is 11.8 Å². The lowest BCUT2D eigenvalue weighted by molar-refractivity contribution is -0.186. The number of nitrogens with zero attached hydrogens (tertiary/aromatic N) is 3. The number of terminal acetylenes is 1. The normalized spacial score (nSPS) is 16.1. The molecule has 1 fully saturated rings. The molecule has 0 bridgehead atoms. The van der Waals surface area contributed by atoms with Gasteiger partial charge in [0.15, 0.2) is 0 Å². The molecule has 12 nitrogen and oxygen atoms in total. The van der Waals surface area contributed by atoms with E-state index >= 15 is 0 Å². The number of aliphatic imine (C=N–C) groups is 1. The van der Waals surface area contributed by atoms with Crippen molar-refractivity contribution >= 4 is 80.3 Å². The minimum Gasteiger partial charge on any atom is -0.411 e. The summed E-state index contributed by atoms with van der Waals surface area (Å²) < 4.78 is 10.9. The van der Waals surface area contributed by atoms with Gasteiger partial charge in [-0.15, -0.1) is 12.3 Å². The predicted molar refractivity (Wildman–Crippen MR) is 222 cm³/mol. The molecule has 0 spiro atoms. The number of anilines is 1. The number of urea groups is 1. The van der Waals surface area contributed by atoms with Gasteiger partial charge < -0.3 is 19.7 Å². The Morgan fingerprint density at radius 3 is 2.18 bits per heavy atom. The van der Waals surface area contributed by atoms with E-state index in [0.717, 1.165) is 40.6 Å². The fourth-order valence-electron chi connectivity index (χ4n) is 6.23. The molecular formula is C41H52BrCl2N5O7. The molecule has 1 saturated heterocycles. The molecular weight excluding hydrogens is 825 g/mol. The van der Waals surface area contributed by atoms with Gasteiger partial charge in [0.05, 0.1) is 11.4 Å². The van der Waals surface area contributed by atoms with Crippen molar-refractivity contribution in [2.75, 3.05) is 24.5 Å². The number of unbranched alkanes of at least 4 members (excludes halogenated alkanes) is 6. The van der Waals surface area contributed by atoms with Crippen molar-refractivity contribution in [3.05, 3.63) is 62.5 Å². The van der Waals surface area contributed by atoms with E-state index in [0.29, 0.717) is 85.9 Å². The van der Waals surface area contributed by atoms with Crippen LogP contribution in [0.2, 0.25) is 10.0 Å². The summed E-state index contributed by atoms with van der Waals surface area (Å²) in [6.07, 6.45) is 11.6. The van der Waals surface area contributed by atoms with Crippen LogP contribution in [0.15, 0.2) is 51.9 Å². The molecule has 0 aromatic heterocycles. The number of nitrogens with two attached hydrogens (primary N) is 1. The van der Waals surface area contributed by atoms with Gasteiger partial charge in [0.25, 0.3) is 11.8 Å². The lowest BCUT2D eigenvalue weighted by Gasteiger charge is -2.32. The van der Waals surface area contributed by atoms with E-state index < -0.39 is 29.9 Å². The minimum absolute atomic E-state index is 0.0587. The number of benzene rings is 2. The SMILES string of the molecule is C#CCCCCCCC(=O)OC(N)OC(=O)CCCCN=C(CCC)C(=O)NCCCCN1C(=O)N(c2cc(Cl)cc(Cl)c2)C(=O)[C@]1(C)Cc1ccc(Br)cc1. The third kappa shape index (κ3) is 14.8. The number of nitrogens with one attached hydrogen (secondary N) is 1. The second kappa shape index (κ2) is 24.0. The van der Waals surface area contributed by atoms with Crippen molar-refractivity contribution < 1.29 is 33.4 Å². The van der Waals surface area contributed by atoms with Crippen LogP contribution in [0.5, 0.6) is 0 Å². The molecule has 0 saturated carbocycles. The number of rotatable bonds is 24. The molecule has 2 aromatic carbocycles. The summed E-state index contributed by atoms with van der Waals surface area (Å²) in [5, 5.41) is 3.54. The molecule has 1 aliphatic heterocycles. The van der Waals surface area contributed by atoms with Gasteiger partial charge in [-0.05, 0) is 87.8 Å². The predicted octanol–water partition coefficient (Wildman–Crippen LogP) is 8.14. The average Bonchev–Trinajstić information content (AvgIpc) is 3.32. The van der Waals surface area contributed by atoms with E-state index in [9.17, 15) is 24.0 Å². The fraction of sp³-hybridized carbons (Fsp3) is 0.512. The Balaban J connectivity index is 1.45. The Bertz CT molecular complexity index is 1720. The van der Waals surface area contributed by atoms with E-state index in [-0.39, 0.29) is 31.2 Å². The van der Waals surface area contributed by atoms with Gasteiger partial charge in [0, 0.05) is 59.8 Å². The maximum Gasteiger partial charge on any atom is 0.332 e. The van der Waals surface area contributed by atoms with Crippen molar-refractivity contribution in [1.82, 2.24) is 10.2 Å². The molecule has 304 valence electrons. The van der Waals surface area contributed by atoms with Crippen molar-refractivity contribution in [3.63, 3.8) is 0 Å². The first kappa shape index (κ1) is 46.4. The molecule has 0 aliphatic carbocycles. The van der Waals surface area contributed by atoms with Gasteiger partial charge in [-0.2, -0.15) is 0 Å². The Morgan fingerprint density at radius 1 is 0.929 bits per heavy atom. The van der Waals surface area contributed by atoms with Crippen LogP contribution in [0.1, 0.15) is 103 Å². The Kier molecular flexibility index (Phi) is 19.9. The molecule has 56 heavy (non-hydrogen) atoms. The first-order valence-electron chi connectivity index (χ1n) is 19.0. The number of hydrogen-bond acceptors (Lipinski definition) is 9. The van der Waals surface area contributed by atoms with Crippen molar-refractivity contribution in [3.8, 4) is 12.3 Å². The highest BCUT2D eigenvalue weighted by Crippen LogP contribution is 2.37. The zero-order valence-electron chi connectivity index (χ0n) is 32.1. The summed E-state index contributed by atoms with van der Waals surface area (Å²) in [7, 11) is 0. The standard InChI is InChI=1S/C41H52BrCl2N5O7/c1-4-6-7-8-9-10-16-35(50)55-39(45)56-36(51)17-11-12-22-46-34(15-5-2)37(52)47-23-13-14-24-48-40(54)49(33-26-31(43)25-32(44)27-33)38(53)41(48,3)28-29-18-20-30(42)21-19-29/h1,18-21,25-27,39H,5-17,22-24,28,45H2,2-3H3,(H,47,52)/t39?,41-/m0/s1. The van der Waals surface area contributed by atoms with Gasteiger partial charge in [0.1, 0.15) is 5.54 Å². The van der Waals surface area contributed by atoms with E-state index in [2.05, 4.69) is 32.2 Å². The number of hydrogen-bond donors (Lipinski definition) is 2. The zero-order valence-corrected chi connectivity index (χ0v) is 35.2. The second-order valence-corrected chi connectivity index (χ2v) is 15.5. The third-order valence-electron chi connectivity index (χ3n) is 9.13. The van der Waals surface area contributed by atoms with Gasteiger partial charge in [-0.1, -0.05) is 77.5 Å². The van der Waals surface area contributed by atoms with Crippen LogP contribution in [-0.4, -0.2) is 72.0 Å². The van der Waals surface area contributed by atoms with Crippen molar-refractivity contribution in [1.29, 1.82) is 0 Å². The number of carbonyl (C=O) groups excluding carboxylic acids is 5. The molecule has 1 aliphatic rings. The third-order valence-corrected chi connectivity index (χ3v) is 10.1. The van der Waals surface area contributed by atoms with Crippen LogP contribution in [0, 0.1) is 12.3 Å². The summed E-state index contributed by atoms with van der Waals surface area (Å²) in [6.45, 7) is 4.68. The maximum atomic E-state index is 14.0. The van der Waals surface area contributed by atoms with Gasteiger partial charge in [0.2, 0.25) is 0 Å². The number of halogens is 3. The van der Waals surface area contributed by atoms with Crippen LogP contribution < -0.4 is 16.0 Å². The number of amides is 4. The van der Waals surface area contributed by atoms with E-state index in [4.69, 9.17) is 44.8 Å². The highest BCUT2D eigenvalue weighted by atomic mass is 79.9. The first-order chi connectivity index (χ1) is 26.8. The molecule has 1 unspecified atom stereocenters. The van der Waals surface area contributed by atoms with Crippen LogP contribution in [0.3, 0.4) is 0 Å². The number of imide groups is 1. The highest BCUT2D eigenvalue weighted by molar-refractivity contribution is 9.10. The summed E-state index contributed by atoms with van der Waals surface area (Å²) in [4.78, 5) is 72.2. The quantitative estimate of drug-likeness (QED) is 0.0267. The van der Waals surface area contributed by atoms with Gasteiger partial charge in [-0.3, -0.25) is 29.9 Å². The van der Waals surface area contributed by atoms with Crippen LogP contribution in [0.25, 0.3) is 0 Å². The summed E-state index contributed by atoms with van der Waals surface area (Å²) in [6, 6.07) is 11.8. The summed E-state index contributed by atoms with van der Waals surface area (Å²) in [5.74, 6) is 0.802. The Morgan fingerprint density at radius 2 is 1.55 bits per heavy atom. The molecule has 3 N–H and O–H groups in total. The van der Waals surface area contributed by atoms with Crippen molar-refractivity contribution in [2.45, 2.75) is 116 Å². The smallest absolute Gasteiger partial charge is 0.332 e. The number of ether oxygens (including phenoxy) is 2. The van der Waals surface area contributed by atoms with Crippen molar-refractivity contribution in [2.24, 2.45) is 10.7 Å². The molecule has 2 atom stereocenters. The molecule has 4 amide bonds. The summed E-state index contributed by atoms with van der Waals surface area (Å²) in [5.41, 5.74) is 6.07. The largest absolute Gasteiger partial charge is 0.411 e. The average molecular weight is 878 g/mol. The monoisotopic (exact) mass is 875 g/mol. The van der Waals surface area contributed by atoms with Crippen LogP contribution >= 0.6 is 39.1 Å². The lowest BCUT2D eigenvalue weighted by atomic mass is 9.91. The lowest BCUT2D eigenvalue weighted by Crippen LogP contribution is -2.49. The van der Waals surface area contributed by atoms with Gasteiger partial charge >= 0.3 is 24.4 Å². The first-order valence-corrected chi connectivity index (χ1v) is 20.6. The van der Waals surface area contributed by atoms with Crippen LogP contribution in [0.4, 0.5) is 10.5 Å². The van der Waals surface area contributed by atoms with Gasteiger partial charge in [-0.25, -0.2) is 9.69 Å². The van der Waals surface area contributed by atoms with E-state index in [1.165, 1.54) is 18.2 Å². The molecule has 3 rings (SSSR count). The Hall–Kier alpha value is -3.96.